The monoisotopic (exact) mass is 438 g/mol. The Bertz CT molecular complexity index is 1590. The van der Waals surface area contributed by atoms with E-state index in [2.05, 4.69) is 16.1 Å². The molecule has 33 heavy (non-hydrogen) atoms. The molecule has 6 nitrogen and oxygen atoms in total. The lowest BCUT2D eigenvalue weighted by Gasteiger charge is -2.17. The highest BCUT2D eigenvalue weighted by Crippen LogP contribution is 2.19. The summed E-state index contributed by atoms with van der Waals surface area (Å²) in [6.45, 7) is 2.02. The van der Waals surface area contributed by atoms with Crippen LogP contribution in [0.15, 0.2) is 80.3 Å². The summed E-state index contributed by atoms with van der Waals surface area (Å²) in [5.74, 6) is 0. The van der Waals surface area contributed by atoms with Crippen LogP contribution in [0.25, 0.3) is 10.8 Å². The van der Waals surface area contributed by atoms with E-state index < -0.39 is 0 Å². The van der Waals surface area contributed by atoms with Crippen molar-refractivity contribution < 1.29 is 0 Å². The van der Waals surface area contributed by atoms with Crippen LogP contribution in [-0.4, -0.2) is 6.04 Å². The highest BCUT2D eigenvalue weighted by molar-refractivity contribution is 5.82. The van der Waals surface area contributed by atoms with Crippen LogP contribution >= 0.6 is 0 Å². The van der Waals surface area contributed by atoms with Crippen LogP contribution in [0.5, 0.6) is 0 Å². The summed E-state index contributed by atoms with van der Waals surface area (Å²) in [4.78, 5) is 31.9. The fourth-order valence-corrected chi connectivity index (χ4v) is 4.59. The van der Waals surface area contributed by atoms with Gasteiger partial charge in [-0.2, -0.15) is 5.10 Å². The normalized spacial score (nSPS) is 15.9. The van der Waals surface area contributed by atoms with Gasteiger partial charge >= 0.3 is 0 Å². The Labute approximate surface area is 190 Å². The van der Waals surface area contributed by atoms with Crippen molar-refractivity contribution in [2.24, 2.45) is 10.1 Å². The molecule has 0 saturated heterocycles. The van der Waals surface area contributed by atoms with Crippen molar-refractivity contribution in [1.29, 1.82) is 0 Å². The summed E-state index contributed by atoms with van der Waals surface area (Å²) in [5.41, 5.74) is 7.48. The van der Waals surface area contributed by atoms with Crippen LogP contribution in [-0.2, 0) is 0 Å². The van der Waals surface area contributed by atoms with Crippen molar-refractivity contribution in [3.05, 3.63) is 108 Å². The molecule has 0 unspecified atom stereocenters. The van der Waals surface area contributed by atoms with Gasteiger partial charge in [0.15, 0.2) is 10.9 Å². The fourth-order valence-electron chi connectivity index (χ4n) is 4.59. The average molecular weight is 439 g/mol. The molecule has 166 valence electrons. The van der Waals surface area contributed by atoms with Gasteiger partial charge in [0.25, 0.3) is 0 Å². The third kappa shape index (κ3) is 4.16. The van der Waals surface area contributed by atoms with E-state index in [1.165, 1.54) is 6.42 Å². The molecule has 1 fully saturated rings. The molecule has 2 aromatic rings. The molecule has 0 radical (unpaired) electrons. The van der Waals surface area contributed by atoms with Crippen LogP contribution < -0.4 is 32.5 Å². The largest absolute Gasteiger partial charge is 0.288 e. The standard InChI is InChI=1S/C27H26N4O2/c1-17-11-13-19(14-12-17)29-31-30-23-16-15-22(28-18-7-3-2-4-8-18)24-25(23)27(33)21-10-6-5-9-20(21)26(24)32/h5-6,9-16,18,29,31H,2-4,7-8H2,1H3/b28-22?,30-23+. The summed E-state index contributed by atoms with van der Waals surface area (Å²) >= 11 is 0. The predicted octanol–water partition coefficient (Wildman–Crippen LogP) is 3.13. The van der Waals surface area contributed by atoms with Crippen molar-refractivity contribution in [3.63, 3.8) is 0 Å². The van der Waals surface area contributed by atoms with Crippen molar-refractivity contribution in [3.8, 4) is 0 Å². The lowest BCUT2D eigenvalue weighted by Crippen LogP contribution is -2.31. The van der Waals surface area contributed by atoms with Crippen LogP contribution in [0.1, 0.15) is 37.7 Å². The van der Waals surface area contributed by atoms with Crippen molar-refractivity contribution in [1.82, 2.24) is 5.53 Å². The summed E-state index contributed by atoms with van der Waals surface area (Å²) in [7, 11) is 0. The molecule has 1 saturated carbocycles. The van der Waals surface area contributed by atoms with Gasteiger partial charge in [-0.05, 0) is 44.0 Å². The van der Waals surface area contributed by atoms with Crippen LogP contribution in [0.3, 0.4) is 0 Å². The quantitative estimate of drug-likeness (QED) is 0.480. The van der Waals surface area contributed by atoms with Gasteiger partial charge in [0.05, 0.1) is 32.9 Å². The SMILES string of the molecule is Cc1ccc(NN/N=c2\ccc(=NC3CCCCC3)c3c(=O)c4ccccc4c(=O)c2=3)cc1. The second kappa shape index (κ2) is 8.98. The highest BCUT2D eigenvalue weighted by Gasteiger charge is 2.14. The van der Waals surface area contributed by atoms with Gasteiger partial charge in [0.2, 0.25) is 0 Å². The maximum Gasteiger partial charge on any atom is 0.196 e. The number of nitrogens with zero attached hydrogens (tertiary/aromatic N) is 2. The highest BCUT2D eigenvalue weighted by atomic mass is 16.1. The first-order valence-electron chi connectivity index (χ1n) is 11.5. The van der Waals surface area contributed by atoms with Gasteiger partial charge in [-0.25, -0.2) is 5.53 Å². The molecule has 0 amide bonds. The molecule has 6 heteroatoms. The van der Waals surface area contributed by atoms with Gasteiger partial charge in [-0.3, -0.25) is 20.0 Å². The Morgan fingerprint density at radius 1 is 0.758 bits per heavy atom. The van der Waals surface area contributed by atoms with E-state index in [0.29, 0.717) is 31.9 Å². The molecule has 0 spiro atoms. The second-order valence-corrected chi connectivity index (χ2v) is 8.69. The Morgan fingerprint density at radius 3 is 2.03 bits per heavy atom. The Hall–Kier alpha value is -3.80. The lowest BCUT2D eigenvalue weighted by atomic mass is 9.96. The van der Waals surface area contributed by atoms with E-state index in [4.69, 9.17) is 4.99 Å². The van der Waals surface area contributed by atoms with E-state index in [-0.39, 0.29) is 16.9 Å². The third-order valence-corrected chi connectivity index (χ3v) is 6.36. The fraction of sp³-hybridized carbons (Fsp3) is 0.259. The Morgan fingerprint density at radius 2 is 1.36 bits per heavy atom. The number of anilines is 1. The van der Waals surface area contributed by atoms with Gasteiger partial charge in [0, 0.05) is 10.8 Å². The molecule has 2 aromatic carbocycles. The minimum atomic E-state index is -0.197. The Balaban J connectivity index is 1.73. The topological polar surface area (TPSA) is 82.9 Å². The number of hydrazine groups is 1. The van der Waals surface area contributed by atoms with Crippen LogP contribution in [0.2, 0.25) is 0 Å². The zero-order chi connectivity index (χ0) is 22.8. The minimum absolute atomic E-state index is 0.168. The van der Waals surface area contributed by atoms with E-state index >= 15 is 0 Å². The number of rotatable bonds is 4. The van der Waals surface area contributed by atoms with Crippen molar-refractivity contribution in [2.75, 3.05) is 5.43 Å². The average Bonchev–Trinajstić information content (AvgIpc) is 2.85. The molecule has 0 atom stereocenters. The number of aryl methyl sites for hydroxylation is 1. The molecule has 2 N–H and O–H groups in total. The van der Waals surface area contributed by atoms with Crippen molar-refractivity contribution >= 4 is 16.5 Å². The molecule has 0 heterocycles. The minimum Gasteiger partial charge on any atom is -0.288 e. The summed E-state index contributed by atoms with van der Waals surface area (Å²) in [5, 5.41) is 6.93. The van der Waals surface area contributed by atoms with E-state index in [1.54, 1.807) is 30.3 Å². The Kier molecular flexibility index (Phi) is 5.73. The molecule has 0 bridgehead atoms. The van der Waals surface area contributed by atoms with Crippen LogP contribution in [0, 0.1) is 17.4 Å². The second-order valence-electron chi connectivity index (χ2n) is 8.69. The number of hydrogen-bond acceptors (Lipinski definition) is 6. The predicted molar refractivity (Wildman–Crippen MR) is 130 cm³/mol. The molecule has 5 rings (SSSR count). The first-order valence-corrected chi connectivity index (χ1v) is 11.5. The van der Waals surface area contributed by atoms with E-state index in [1.807, 2.05) is 37.3 Å². The lowest BCUT2D eigenvalue weighted by molar-refractivity contribution is 0.437. The van der Waals surface area contributed by atoms with Crippen molar-refractivity contribution in [2.45, 2.75) is 45.1 Å². The number of hydrogen-bond donors (Lipinski definition) is 2. The maximum absolute atomic E-state index is 13.5. The smallest absolute Gasteiger partial charge is 0.196 e. The van der Waals surface area contributed by atoms with E-state index in [9.17, 15) is 9.59 Å². The number of benzene rings is 2. The molecular formula is C27H26N4O2. The van der Waals surface area contributed by atoms with Crippen LogP contribution in [0.4, 0.5) is 5.69 Å². The van der Waals surface area contributed by atoms with Gasteiger partial charge in [-0.1, -0.05) is 61.2 Å². The zero-order valence-electron chi connectivity index (χ0n) is 18.6. The summed E-state index contributed by atoms with van der Waals surface area (Å²) in [6, 6.07) is 18.6. The third-order valence-electron chi connectivity index (χ3n) is 6.36. The maximum atomic E-state index is 13.5. The van der Waals surface area contributed by atoms with E-state index in [0.717, 1.165) is 36.9 Å². The number of nitrogens with one attached hydrogen (secondary N) is 2. The molecule has 3 aliphatic carbocycles. The first kappa shape index (κ1) is 21.1. The summed E-state index contributed by atoms with van der Waals surface area (Å²) in [6.07, 6.45) is 5.55. The zero-order valence-corrected chi connectivity index (χ0v) is 18.6. The molecular weight excluding hydrogens is 412 g/mol. The van der Waals surface area contributed by atoms with Gasteiger partial charge < -0.3 is 0 Å². The van der Waals surface area contributed by atoms with Gasteiger partial charge in [0.1, 0.15) is 0 Å². The first-order chi connectivity index (χ1) is 16.1. The van der Waals surface area contributed by atoms with Gasteiger partial charge in [-0.15, -0.1) is 0 Å². The molecule has 0 aliphatic heterocycles. The molecule has 0 aromatic heterocycles. The molecule has 3 aliphatic rings. The number of fused-ring (bicyclic) bond motifs is 1. The summed E-state index contributed by atoms with van der Waals surface area (Å²) < 4.78 is 0.